The maximum Gasteiger partial charge on any atom is 0.175 e. The van der Waals surface area contributed by atoms with Crippen molar-refractivity contribution in [2.45, 2.75) is 175 Å². The zero-order valence-electron chi connectivity index (χ0n) is 23.1. The SMILES string of the molecule is CCCCCCCCC(C1CCCCC1)C(OC(C)(C)C)(OC(C)(C)C)C1CCCCC1. The summed E-state index contributed by atoms with van der Waals surface area (Å²) in [7, 11) is 0. The first-order chi connectivity index (χ1) is 15.1. The lowest BCUT2D eigenvalue weighted by Crippen LogP contribution is -2.59. The topological polar surface area (TPSA) is 18.5 Å². The van der Waals surface area contributed by atoms with E-state index in [1.165, 1.54) is 109 Å². The molecule has 2 aliphatic carbocycles. The molecule has 0 amide bonds. The maximum atomic E-state index is 7.23. The van der Waals surface area contributed by atoms with Crippen molar-refractivity contribution < 1.29 is 9.47 Å². The number of unbranched alkanes of at least 4 members (excludes halogenated alkanes) is 5. The third-order valence-corrected chi connectivity index (χ3v) is 7.71. The van der Waals surface area contributed by atoms with Gasteiger partial charge < -0.3 is 9.47 Å². The highest BCUT2D eigenvalue weighted by Gasteiger charge is 2.53. The van der Waals surface area contributed by atoms with Crippen molar-refractivity contribution in [2.75, 3.05) is 0 Å². The van der Waals surface area contributed by atoms with Crippen LogP contribution in [0, 0.1) is 17.8 Å². The molecule has 1 atom stereocenters. The van der Waals surface area contributed by atoms with E-state index in [1.807, 2.05) is 0 Å². The van der Waals surface area contributed by atoms with Crippen molar-refractivity contribution in [2.24, 2.45) is 17.8 Å². The van der Waals surface area contributed by atoms with Gasteiger partial charge in [0.05, 0.1) is 11.2 Å². The fourth-order valence-electron chi connectivity index (χ4n) is 6.55. The number of ether oxygens (including phenoxy) is 2. The molecule has 2 fully saturated rings. The van der Waals surface area contributed by atoms with Gasteiger partial charge in [-0.25, -0.2) is 0 Å². The largest absolute Gasteiger partial charge is 0.344 e. The fourth-order valence-corrected chi connectivity index (χ4v) is 6.55. The van der Waals surface area contributed by atoms with Gasteiger partial charge >= 0.3 is 0 Å². The first-order valence-electron chi connectivity index (χ1n) is 14.5. The van der Waals surface area contributed by atoms with Crippen LogP contribution in [0.15, 0.2) is 0 Å². The Morgan fingerprint density at radius 3 is 1.59 bits per heavy atom. The standard InChI is InChI=1S/C30H58O2/c1-8-9-10-11-12-19-24-27(25-20-15-13-16-21-25)30(31-28(2,3)4,32-29(5,6)7)26-22-17-14-18-23-26/h25-27H,8-24H2,1-7H3. The van der Waals surface area contributed by atoms with Crippen LogP contribution in [0.2, 0.25) is 0 Å². The molecule has 2 saturated carbocycles. The summed E-state index contributed by atoms with van der Waals surface area (Å²) in [5.74, 6) is 1.37. The molecule has 2 heteroatoms. The van der Waals surface area contributed by atoms with Crippen LogP contribution in [-0.4, -0.2) is 17.0 Å². The monoisotopic (exact) mass is 450 g/mol. The van der Waals surface area contributed by atoms with Crippen molar-refractivity contribution in [3.63, 3.8) is 0 Å². The van der Waals surface area contributed by atoms with Gasteiger partial charge in [-0.1, -0.05) is 84.0 Å². The van der Waals surface area contributed by atoms with E-state index < -0.39 is 5.79 Å². The molecular formula is C30H58O2. The minimum atomic E-state index is -0.442. The smallest absolute Gasteiger partial charge is 0.175 e. The van der Waals surface area contributed by atoms with Gasteiger partial charge in [0.1, 0.15) is 0 Å². The van der Waals surface area contributed by atoms with Crippen molar-refractivity contribution in [1.29, 1.82) is 0 Å². The predicted molar refractivity (Wildman–Crippen MR) is 139 cm³/mol. The average molecular weight is 451 g/mol. The Labute approximate surface area is 202 Å². The third kappa shape index (κ3) is 9.28. The highest BCUT2D eigenvalue weighted by Crippen LogP contribution is 2.51. The van der Waals surface area contributed by atoms with Gasteiger partial charge in [0, 0.05) is 11.8 Å². The normalized spacial score (nSPS) is 21.1. The second kappa shape index (κ2) is 13.1. The minimum Gasteiger partial charge on any atom is -0.344 e. The zero-order chi connectivity index (χ0) is 23.7. The first kappa shape index (κ1) is 28.2. The van der Waals surface area contributed by atoms with Crippen molar-refractivity contribution in [1.82, 2.24) is 0 Å². The summed E-state index contributed by atoms with van der Waals surface area (Å²) in [5, 5.41) is 0. The van der Waals surface area contributed by atoms with Gasteiger partial charge in [0.2, 0.25) is 0 Å². The van der Waals surface area contributed by atoms with Crippen LogP contribution in [0.4, 0.5) is 0 Å². The summed E-state index contributed by atoms with van der Waals surface area (Å²) in [6.45, 7) is 15.8. The maximum absolute atomic E-state index is 7.23. The lowest BCUT2D eigenvalue weighted by molar-refractivity contribution is -0.368. The number of hydrogen-bond acceptors (Lipinski definition) is 2. The van der Waals surface area contributed by atoms with E-state index in [0.717, 1.165) is 5.92 Å². The Morgan fingerprint density at radius 1 is 0.625 bits per heavy atom. The molecule has 2 aliphatic rings. The van der Waals surface area contributed by atoms with E-state index in [1.54, 1.807) is 0 Å². The lowest BCUT2D eigenvalue weighted by atomic mass is 9.67. The molecule has 0 aromatic heterocycles. The molecule has 0 bridgehead atoms. The number of hydrogen-bond donors (Lipinski definition) is 0. The minimum absolute atomic E-state index is 0.198. The summed E-state index contributed by atoms with van der Waals surface area (Å²) < 4.78 is 14.5. The van der Waals surface area contributed by atoms with Crippen molar-refractivity contribution >= 4 is 0 Å². The Kier molecular flexibility index (Phi) is 11.6. The van der Waals surface area contributed by atoms with E-state index in [2.05, 4.69) is 48.5 Å². The van der Waals surface area contributed by atoms with Crippen LogP contribution in [0.3, 0.4) is 0 Å². The molecule has 1 unspecified atom stereocenters. The Morgan fingerprint density at radius 2 is 1.09 bits per heavy atom. The molecule has 190 valence electrons. The van der Waals surface area contributed by atoms with E-state index >= 15 is 0 Å². The molecule has 0 heterocycles. The fraction of sp³-hybridized carbons (Fsp3) is 1.00. The summed E-state index contributed by atoms with van der Waals surface area (Å²) in [6, 6.07) is 0. The van der Waals surface area contributed by atoms with Gasteiger partial charge in [-0.05, 0) is 79.6 Å². The van der Waals surface area contributed by atoms with Crippen LogP contribution in [0.5, 0.6) is 0 Å². The van der Waals surface area contributed by atoms with Crippen LogP contribution < -0.4 is 0 Å². The van der Waals surface area contributed by atoms with Gasteiger partial charge in [0.15, 0.2) is 5.79 Å². The van der Waals surface area contributed by atoms with E-state index in [0.29, 0.717) is 11.8 Å². The molecule has 32 heavy (non-hydrogen) atoms. The number of rotatable bonds is 12. The molecule has 0 aromatic carbocycles. The molecule has 0 aliphatic heterocycles. The van der Waals surface area contributed by atoms with Gasteiger partial charge in [0.25, 0.3) is 0 Å². The Bertz CT molecular complexity index is 470. The predicted octanol–water partition coefficient (Wildman–Crippen LogP) is 9.84. The van der Waals surface area contributed by atoms with Gasteiger partial charge in [-0.15, -0.1) is 0 Å². The summed E-state index contributed by atoms with van der Waals surface area (Å²) in [5.41, 5.74) is -0.395. The van der Waals surface area contributed by atoms with Crippen LogP contribution in [0.25, 0.3) is 0 Å². The highest BCUT2D eigenvalue weighted by molar-refractivity contribution is 4.95. The van der Waals surface area contributed by atoms with E-state index in [9.17, 15) is 0 Å². The van der Waals surface area contributed by atoms with Crippen molar-refractivity contribution in [3.05, 3.63) is 0 Å². The Hall–Kier alpha value is -0.0800. The average Bonchev–Trinajstić information content (AvgIpc) is 2.72. The molecule has 0 radical (unpaired) electrons. The molecular weight excluding hydrogens is 392 g/mol. The second-order valence-corrected chi connectivity index (χ2v) is 13.0. The summed E-state index contributed by atoms with van der Waals surface area (Å²) in [6.07, 6.45) is 23.0. The summed E-state index contributed by atoms with van der Waals surface area (Å²) in [4.78, 5) is 0. The molecule has 2 nitrogen and oxygen atoms in total. The first-order valence-corrected chi connectivity index (χ1v) is 14.5. The molecule has 2 rings (SSSR count). The quantitative estimate of drug-likeness (QED) is 0.217. The van der Waals surface area contributed by atoms with Crippen LogP contribution in [-0.2, 0) is 9.47 Å². The van der Waals surface area contributed by atoms with Gasteiger partial charge in [-0.3, -0.25) is 0 Å². The lowest BCUT2D eigenvalue weighted by Gasteiger charge is -2.55. The molecule has 0 N–H and O–H groups in total. The second-order valence-electron chi connectivity index (χ2n) is 13.0. The zero-order valence-corrected chi connectivity index (χ0v) is 23.1. The summed E-state index contributed by atoms with van der Waals surface area (Å²) >= 11 is 0. The molecule has 0 spiro atoms. The van der Waals surface area contributed by atoms with E-state index in [-0.39, 0.29) is 11.2 Å². The van der Waals surface area contributed by atoms with E-state index in [4.69, 9.17) is 9.47 Å². The van der Waals surface area contributed by atoms with Crippen LogP contribution in [0.1, 0.15) is 158 Å². The van der Waals surface area contributed by atoms with Crippen molar-refractivity contribution in [3.8, 4) is 0 Å². The molecule has 0 saturated heterocycles. The molecule has 0 aromatic rings. The third-order valence-electron chi connectivity index (χ3n) is 7.71. The Balaban J connectivity index is 2.37. The van der Waals surface area contributed by atoms with Gasteiger partial charge in [-0.2, -0.15) is 0 Å². The van der Waals surface area contributed by atoms with Crippen LogP contribution >= 0.6 is 0 Å². The highest BCUT2D eigenvalue weighted by atomic mass is 16.7.